The Hall–Kier alpha value is -3.41. The van der Waals surface area contributed by atoms with Crippen molar-refractivity contribution in [3.8, 4) is 0 Å². The normalized spacial score (nSPS) is 25.1. The molecule has 3 aromatic rings. The van der Waals surface area contributed by atoms with E-state index >= 15 is 0 Å². The van der Waals surface area contributed by atoms with Crippen molar-refractivity contribution in [1.82, 2.24) is 0 Å². The van der Waals surface area contributed by atoms with E-state index in [0.717, 1.165) is 11.3 Å². The number of halogens is 2. The molecule has 6 rings (SSSR count). The lowest BCUT2D eigenvalue weighted by atomic mass is 9.63. The summed E-state index contributed by atoms with van der Waals surface area (Å²) in [5.74, 6) is -1.79. The number of carbonyl (C=O) groups is 3. The number of ketones is 2. The fourth-order valence-electron chi connectivity index (χ4n) is 6.42. The Morgan fingerprint density at radius 2 is 1.68 bits per heavy atom. The predicted molar refractivity (Wildman–Crippen MR) is 151 cm³/mol. The van der Waals surface area contributed by atoms with Gasteiger partial charge in [-0.3, -0.25) is 14.4 Å². The van der Waals surface area contributed by atoms with Gasteiger partial charge in [-0.2, -0.15) is 0 Å². The number of nitrogens with one attached hydrogen (secondary N) is 1. The van der Waals surface area contributed by atoms with E-state index in [-0.39, 0.29) is 22.5 Å². The van der Waals surface area contributed by atoms with Crippen LogP contribution in [0.2, 0.25) is 10.0 Å². The van der Waals surface area contributed by atoms with Crippen LogP contribution in [0.5, 0.6) is 0 Å². The average molecular weight is 545 g/mol. The number of amides is 1. The van der Waals surface area contributed by atoms with Gasteiger partial charge >= 0.3 is 0 Å². The van der Waals surface area contributed by atoms with Gasteiger partial charge in [-0.05, 0) is 47.5 Å². The Morgan fingerprint density at radius 1 is 0.974 bits per heavy atom. The number of nitrogens with zero attached hydrogens (tertiary/aromatic N) is 1. The lowest BCUT2D eigenvalue weighted by molar-refractivity contribution is -0.128. The maximum absolute atomic E-state index is 14.6. The number of carbonyl (C=O) groups excluding carboxylic acids is 3. The lowest BCUT2D eigenvalue weighted by Crippen LogP contribution is -2.51. The molecule has 0 bridgehead atoms. The molecule has 0 aromatic heterocycles. The molecule has 1 N–H and O–H groups in total. The van der Waals surface area contributed by atoms with E-state index in [9.17, 15) is 14.4 Å². The van der Waals surface area contributed by atoms with Gasteiger partial charge in [0.2, 0.25) is 5.91 Å². The van der Waals surface area contributed by atoms with Gasteiger partial charge in [0, 0.05) is 27.4 Å². The molecule has 5 nitrogen and oxygen atoms in total. The summed E-state index contributed by atoms with van der Waals surface area (Å²) in [6.45, 7) is 5.53. The van der Waals surface area contributed by atoms with E-state index in [0.29, 0.717) is 21.8 Å². The summed E-state index contributed by atoms with van der Waals surface area (Å²) in [6.07, 6.45) is 3.86. The fraction of sp³-hybridized carbons (Fsp3) is 0.258. The van der Waals surface area contributed by atoms with Gasteiger partial charge in [-0.1, -0.05) is 86.5 Å². The van der Waals surface area contributed by atoms with Crippen LogP contribution < -0.4 is 10.2 Å². The fourth-order valence-corrected chi connectivity index (χ4v) is 6.83. The summed E-state index contributed by atoms with van der Waals surface area (Å²) in [5.41, 5.74) is 1.09. The van der Waals surface area contributed by atoms with Gasteiger partial charge in [0.15, 0.2) is 11.6 Å². The largest absolute Gasteiger partial charge is 0.352 e. The number of fused-ring (bicyclic) bond motifs is 6. The second-order valence-electron chi connectivity index (χ2n) is 11.2. The lowest BCUT2D eigenvalue weighted by Gasteiger charge is -2.38. The SMILES string of the molecule is CC(C)(C)C(=O)[C@H]1[C@H](C(=O)c2ccccc2Cl)[C@]2(C(=O)Nc3ccccc32)[C@H]2C=Cc3cc(Cl)ccc3N12. The number of benzene rings is 3. The number of hydrogen-bond acceptors (Lipinski definition) is 4. The second-order valence-corrected chi connectivity index (χ2v) is 12.0. The van der Waals surface area contributed by atoms with Crippen LogP contribution >= 0.6 is 23.2 Å². The first kappa shape index (κ1) is 24.9. The quantitative estimate of drug-likeness (QED) is 0.378. The minimum atomic E-state index is -1.35. The van der Waals surface area contributed by atoms with Gasteiger partial charge in [-0.25, -0.2) is 0 Å². The summed E-state index contributed by atoms with van der Waals surface area (Å²) >= 11 is 12.9. The van der Waals surface area contributed by atoms with E-state index in [1.165, 1.54) is 0 Å². The van der Waals surface area contributed by atoms with Crippen LogP contribution in [0.25, 0.3) is 6.08 Å². The number of hydrogen-bond donors (Lipinski definition) is 1. The summed E-state index contributed by atoms with van der Waals surface area (Å²) in [5, 5.41) is 3.88. The molecule has 192 valence electrons. The highest BCUT2D eigenvalue weighted by Gasteiger charge is 2.70. The first-order valence-corrected chi connectivity index (χ1v) is 13.3. The number of rotatable bonds is 3. The molecule has 3 heterocycles. The first-order chi connectivity index (χ1) is 18.1. The molecular weight excluding hydrogens is 519 g/mol. The van der Waals surface area contributed by atoms with Crippen molar-refractivity contribution >= 4 is 58.1 Å². The molecule has 7 heteroatoms. The maximum atomic E-state index is 14.6. The third kappa shape index (κ3) is 3.35. The molecule has 38 heavy (non-hydrogen) atoms. The monoisotopic (exact) mass is 544 g/mol. The molecule has 1 amide bonds. The van der Waals surface area contributed by atoms with Crippen molar-refractivity contribution in [3.05, 3.63) is 99.5 Å². The summed E-state index contributed by atoms with van der Waals surface area (Å²) in [6, 6.07) is 18.2. The molecule has 1 saturated heterocycles. The van der Waals surface area contributed by atoms with Gasteiger partial charge in [0.25, 0.3) is 0 Å². The highest BCUT2D eigenvalue weighted by atomic mass is 35.5. The Labute approximate surface area is 231 Å². The van der Waals surface area contributed by atoms with Crippen LogP contribution in [0.3, 0.4) is 0 Å². The highest BCUT2D eigenvalue weighted by molar-refractivity contribution is 6.34. The van der Waals surface area contributed by atoms with Crippen LogP contribution in [-0.2, 0) is 15.0 Å². The number of para-hydroxylation sites is 1. The molecule has 3 aromatic carbocycles. The zero-order chi connectivity index (χ0) is 27.0. The third-order valence-electron chi connectivity index (χ3n) is 8.02. The summed E-state index contributed by atoms with van der Waals surface area (Å²) < 4.78 is 0. The van der Waals surface area contributed by atoms with Crippen molar-refractivity contribution in [2.45, 2.75) is 38.3 Å². The Morgan fingerprint density at radius 3 is 2.42 bits per heavy atom. The van der Waals surface area contributed by atoms with Gasteiger partial charge in [-0.15, -0.1) is 0 Å². The van der Waals surface area contributed by atoms with Crippen molar-refractivity contribution in [2.24, 2.45) is 11.3 Å². The van der Waals surface area contributed by atoms with Crippen LogP contribution in [0, 0.1) is 11.3 Å². The molecule has 1 spiro atoms. The smallest absolute Gasteiger partial charge is 0.238 e. The van der Waals surface area contributed by atoms with Crippen molar-refractivity contribution < 1.29 is 14.4 Å². The zero-order valence-corrected chi connectivity index (χ0v) is 22.7. The minimum absolute atomic E-state index is 0.127. The molecule has 1 fully saturated rings. The van der Waals surface area contributed by atoms with Crippen LogP contribution in [0.15, 0.2) is 72.8 Å². The van der Waals surface area contributed by atoms with Crippen molar-refractivity contribution in [1.29, 1.82) is 0 Å². The molecule has 3 aliphatic rings. The maximum Gasteiger partial charge on any atom is 0.238 e. The molecule has 4 atom stereocenters. The van der Waals surface area contributed by atoms with Crippen molar-refractivity contribution in [2.75, 3.05) is 10.2 Å². The predicted octanol–water partition coefficient (Wildman–Crippen LogP) is 6.58. The second kappa shape index (κ2) is 8.55. The first-order valence-electron chi connectivity index (χ1n) is 12.6. The topological polar surface area (TPSA) is 66.5 Å². The Bertz CT molecular complexity index is 1560. The van der Waals surface area contributed by atoms with Gasteiger partial charge in [0.1, 0.15) is 11.5 Å². The summed E-state index contributed by atoms with van der Waals surface area (Å²) in [4.78, 5) is 45.2. The third-order valence-corrected chi connectivity index (χ3v) is 8.59. The molecule has 0 aliphatic carbocycles. The van der Waals surface area contributed by atoms with E-state index in [1.807, 2.05) is 74.2 Å². The average Bonchev–Trinajstić information content (AvgIpc) is 3.35. The molecule has 0 unspecified atom stereocenters. The van der Waals surface area contributed by atoms with Crippen LogP contribution in [-0.4, -0.2) is 29.6 Å². The number of anilines is 2. The summed E-state index contributed by atoms with van der Waals surface area (Å²) in [7, 11) is 0. The standard InChI is InChI=1S/C31H26Cl2N2O3/c1-30(2,3)28(37)26-25(27(36)19-8-4-6-10-21(19)33)31(20-9-5-7-11-22(20)34-29(31)38)24-15-12-17-16-18(32)13-14-23(17)35(24)26/h4-16,24-26H,1-3H3,(H,34,38)/t24-,25-,26-,31-/m1/s1. The Kier molecular flexibility index (Phi) is 5.60. The molecule has 0 saturated carbocycles. The Balaban J connectivity index is 1.70. The van der Waals surface area contributed by atoms with Gasteiger partial charge < -0.3 is 10.2 Å². The van der Waals surface area contributed by atoms with Gasteiger partial charge in [0.05, 0.1) is 17.0 Å². The van der Waals surface area contributed by atoms with E-state index in [4.69, 9.17) is 23.2 Å². The molecular formula is C31H26Cl2N2O3. The van der Waals surface area contributed by atoms with Crippen molar-refractivity contribution in [3.63, 3.8) is 0 Å². The van der Waals surface area contributed by atoms with E-state index < -0.39 is 28.8 Å². The van der Waals surface area contributed by atoms with E-state index in [2.05, 4.69) is 5.32 Å². The minimum Gasteiger partial charge on any atom is -0.352 e. The number of Topliss-reactive ketones (excluding diaryl/α,β-unsaturated/α-hetero) is 2. The molecule has 0 radical (unpaired) electrons. The molecule has 3 aliphatic heterocycles. The highest BCUT2D eigenvalue weighted by Crippen LogP contribution is 2.58. The van der Waals surface area contributed by atoms with Crippen LogP contribution in [0.1, 0.15) is 42.3 Å². The van der Waals surface area contributed by atoms with E-state index in [1.54, 1.807) is 30.3 Å². The zero-order valence-electron chi connectivity index (χ0n) is 21.2. The van der Waals surface area contributed by atoms with Crippen LogP contribution in [0.4, 0.5) is 11.4 Å².